The molecular weight excluding hydrogens is 442 g/mol. The molecule has 0 N–H and O–H groups in total. The normalized spacial score (nSPS) is 14.9. The van der Waals surface area contributed by atoms with Crippen LogP contribution in [-0.2, 0) is 0 Å². The number of Topliss-reactive ketones (excluding diaryl/α,β-unsaturated/α-hetero) is 1. The van der Waals surface area contributed by atoms with E-state index in [0.29, 0.717) is 34.4 Å². The lowest BCUT2D eigenvalue weighted by Crippen LogP contribution is -2.29. The number of nitrogens with zero attached hydrogens (tertiary/aromatic N) is 1. The number of benzene rings is 3. The van der Waals surface area contributed by atoms with Crippen molar-refractivity contribution in [2.45, 2.75) is 33.2 Å². The Balaban J connectivity index is 1.70. The van der Waals surface area contributed by atoms with E-state index in [9.17, 15) is 14.4 Å². The molecule has 1 unspecified atom stereocenters. The van der Waals surface area contributed by atoms with Gasteiger partial charge < -0.3 is 9.15 Å². The summed E-state index contributed by atoms with van der Waals surface area (Å²) in [7, 11) is 0. The second-order valence-electron chi connectivity index (χ2n) is 8.77. The fourth-order valence-electron chi connectivity index (χ4n) is 4.49. The van der Waals surface area contributed by atoms with E-state index in [1.54, 1.807) is 41.3 Å². The number of aryl methyl sites for hydroxylation is 1. The number of rotatable bonds is 6. The largest absolute Gasteiger partial charge is 0.494 e. The van der Waals surface area contributed by atoms with Crippen LogP contribution >= 0.6 is 0 Å². The van der Waals surface area contributed by atoms with E-state index in [0.717, 1.165) is 23.3 Å². The first-order valence-electron chi connectivity index (χ1n) is 11.6. The van der Waals surface area contributed by atoms with Gasteiger partial charge in [0.25, 0.3) is 5.91 Å². The highest BCUT2D eigenvalue weighted by Crippen LogP contribution is 2.41. The van der Waals surface area contributed by atoms with Crippen molar-refractivity contribution in [2.24, 2.45) is 0 Å². The molecule has 0 saturated carbocycles. The Morgan fingerprint density at radius 2 is 1.71 bits per heavy atom. The summed E-state index contributed by atoms with van der Waals surface area (Å²) in [6, 6.07) is 18.9. The summed E-state index contributed by atoms with van der Waals surface area (Å²) in [5, 5.41) is 0.443. The first kappa shape index (κ1) is 22.6. The molecule has 6 heteroatoms. The maximum atomic E-state index is 13.7. The summed E-state index contributed by atoms with van der Waals surface area (Å²) in [4.78, 5) is 40.7. The van der Waals surface area contributed by atoms with Crippen LogP contribution in [0.2, 0.25) is 0 Å². The highest BCUT2D eigenvalue weighted by atomic mass is 16.5. The molecule has 0 saturated heterocycles. The third-order valence-electron chi connectivity index (χ3n) is 6.25. The molecule has 4 aromatic rings. The molecule has 1 amide bonds. The summed E-state index contributed by atoms with van der Waals surface area (Å²) < 4.78 is 11.7. The Bertz CT molecular complexity index is 1500. The second-order valence-corrected chi connectivity index (χ2v) is 8.77. The predicted molar refractivity (Wildman–Crippen MR) is 135 cm³/mol. The molecule has 0 aliphatic carbocycles. The van der Waals surface area contributed by atoms with Gasteiger partial charge in [-0.1, -0.05) is 30.7 Å². The first-order chi connectivity index (χ1) is 16.9. The quantitative estimate of drug-likeness (QED) is 0.333. The van der Waals surface area contributed by atoms with Crippen LogP contribution in [0, 0.1) is 6.92 Å². The van der Waals surface area contributed by atoms with Gasteiger partial charge in [0.1, 0.15) is 11.3 Å². The Kier molecular flexibility index (Phi) is 5.73. The Morgan fingerprint density at radius 3 is 2.37 bits per heavy atom. The zero-order chi connectivity index (χ0) is 24.7. The van der Waals surface area contributed by atoms with E-state index in [2.05, 4.69) is 0 Å². The summed E-state index contributed by atoms with van der Waals surface area (Å²) in [6.45, 7) is 6.04. The summed E-state index contributed by atoms with van der Waals surface area (Å²) >= 11 is 0. The van der Waals surface area contributed by atoms with Gasteiger partial charge in [-0.05, 0) is 74.4 Å². The highest BCUT2D eigenvalue weighted by Gasteiger charge is 2.43. The number of fused-ring (bicyclic) bond motifs is 2. The van der Waals surface area contributed by atoms with Gasteiger partial charge in [0, 0.05) is 11.3 Å². The molecule has 1 atom stereocenters. The topological polar surface area (TPSA) is 76.8 Å². The Labute approximate surface area is 202 Å². The monoisotopic (exact) mass is 467 g/mol. The number of hydrogen-bond acceptors (Lipinski definition) is 5. The molecule has 3 aromatic carbocycles. The molecule has 5 rings (SSSR count). The average molecular weight is 468 g/mol. The minimum atomic E-state index is -0.679. The van der Waals surface area contributed by atoms with Gasteiger partial charge in [0.15, 0.2) is 11.2 Å². The standard InChI is InChI=1S/C29H25NO5/c1-4-15-34-22-12-8-20(9-13-22)26-25-27(32)23-16-17(2)5-14-24(23)35-28(25)29(33)30(26)21-10-6-19(7-11-21)18(3)31/h5-14,16,26H,4,15H2,1-3H3. The molecule has 0 radical (unpaired) electrons. The molecule has 176 valence electrons. The Morgan fingerprint density at radius 1 is 1.00 bits per heavy atom. The van der Waals surface area contributed by atoms with E-state index < -0.39 is 11.9 Å². The molecule has 2 heterocycles. The zero-order valence-electron chi connectivity index (χ0n) is 19.8. The number of ketones is 1. The van der Waals surface area contributed by atoms with Crippen molar-refractivity contribution < 1.29 is 18.7 Å². The van der Waals surface area contributed by atoms with Gasteiger partial charge >= 0.3 is 0 Å². The molecule has 0 fully saturated rings. The van der Waals surface area contributed by atoms with Crippen LogP contribution in [0.5, 0.6) is 5.75 Å². The molecule has 0 bridgehead atoms. The molecule has 1 aliphatic heterocycles. The van der Waals surface area contributed by atoms with E-state index in [4.69, 9.17) is 9.15 Å². The number of carbonyl (C=O) groups excluding carboxylic acids is 2. The van der Waals surface area contributed by atoms with Crippen molar-refractivity contribution in [3.63, 3.8) is 0 Å². The van der Waals surface area contributed by atoms with Crippen molar-refractivity contribution in [3.05, 3.63) is 105 Å². The van der Waals surface area contributed by atoms with Gasteiger partial charge in [-0.3, -0.25) is 19.3 Å². The van der Waals surface area contributed by atoms with Gasteiger partial charge in [-0.15, -0.1) is 0 Å². The third-order valence-corrected chi connectivity index (χ3v) is 6.25. The third kappa shape index (κ3) is 3.91. The van der Waals surface area contributed by atoms with Gasteiger partial charge in [-0.25, -0.2) is 0 Å². The molecular formula is C29H25NO5. The van der Waals surface area contributed by atoms with Crippen LogP contribution in [0.1, 0.15) is 63.9 Å². The number of carbonyl (C=O) groups is 2. The van der Waals surface area contributed by atoms with Crippen LogP contribution < -0.4 is 15.1 Å². The smallest absolute Gasteiger partial charge is 0.295 e. The minimum absolute atomic E-state index is 0.0401. The lowest BCUT2D eigenvalue weighted by molar-refractivity contribution is 0.0970. The number of hydrogen-bond donors (Lipinski definition) is 0. The maximum absolute atomic E-state index is 13.7. The number of ether oxygens (including phenoxy) is 1. The number of anilines is 1. The summed E-state index contributed by atoms with van der Waals surface area (Å²) in [6.07, 6.45) is 0.893. The summed E-state index contributed by atoms with van der Waals surface area (Å²) in [5.41, 5.74) is 3.27. The van der Waals surface area contributed by atoms with Gasteiger partial charge in [0.2, 0.25) is 5.76 Å². The lowest BCUT2D eigenvalue weighted by atomic mass is 9.97. The molecule has 6 nitrogen and oxygen atoms in total. The molecule has 1 aliphatic rings. The van der Waals surface area contributed by atoms with Crippen LogP contribution in [0.15, 0.2) is 75.9 Å². The maximum Gasteiger partial charge on any atom is 0.295 e. The molecule has 35 heavy (non-hydrogen) atoms. The van der Waals surface area contributed by atoms with Gasteiger partial charge in [-0.2, -0.15) is 0 Å². The van der Waals surface area contributed by atoms with E-state index in [1.165, 1.54) is 6.92 Å². The lowest BCUT2D eigenvalue weighted by Gasteiger charge is -2.25. The fraction of sp³-hybridized carbons (Fsp3) is 0.207. The van der Waals surface area contributed by atoms with Crippen molar-refractivity contribution >= 4 is 28.3 Å². The number of amides is 1. The SMILES string of the molecule is CCCOc1ccc(C2c3c(oc4ccc(C)cc4c3=O)C(=O)N2c2ccc(C(C)=O)cc2)cc1. The second kappa shape index (κ2) is 8.87. The van der Waals surface area contributed by atoms with Crippen molar-refractivity contribution in [2.75, 3.05) is 11.5 Å². The minimum Gasteiger partial charge on any atom is -0.494 e. The van der Waals surface area contributed by atoms with Crippen LogP contribution in [0.4, 0.5) is 5.69 Å². The van der Waals surface area contributed by atoms with Crippen LogP contribution in [0.3, 0.4) is 0 Å². The molecule has 1 aromatic heterocycles. The average Bonchev–Trinajstić information content (AvgIpc) is 3.16. The van der Waals surface area contributed by atoms with Crippen molar-refractivity contribution in [3.8, 4) is 5.75 Å². The van der Waals surface area contributed by atoms with Crippen LogP contribution in [0.25, 0.3) is 11.0 Å². The Hall–Kier alpha value is -4.19. The highest BCUT2D eigenvalue weighted by molar-refractivity contribution is 6.11. The van der Waals surface area contributed by atoms with Crippen molar-refractivity contribution in [1.29, 1.82) is 0 Å². The summed E-state index contributed by atoms with van der Waals surface area (Å²) in [5.74, 6) is 0.300. The van der Waals surface area contributed by atoms with E-state index in [-0.39, 0.29) is 17.0 Å². The van der Waals surface area contributed by atoms with Crippen LogP contribution in [-0.4, -0.2) is 18.3 Å². The van der Waals surface area contributed by atoms with Crippen molar-refractivity contribution in [1.82, 2.24) is 0 Å². The first-order valence-corrected chi connectivity index (χ1v) is 11.6. The van der Waals surface area contributed by atoms with E-state index in [1.807, 2.05) is 44.2 Å². The van der Waals surface area contributed by atoms with E-state index >= 15 is 0 Å². The zero-order valence-corrected chi connectivity index (χ0v) is 19.8. The molecule has 0 spiro atoms. The predicted octanol–water partition coefficient (Wildman–Crippen LogP) is 5.84. The van der Waals surface area contributed by atoms with Gasteiger partial charge in [0.05, 0.1) is 23.6 Å². The fourth-order valence-corrected chi connectivity index (χ4v) is 4.49.